The molecular formula is C26H40BN3O6. The van der Waals surface area contributed by atoms with Gasteiger partial charge in [-0.15, -0.1) is 0 Å². The van der Waals surface area contributed by atoms with E-state index in [9.17, 15) is 14.4 Å². The maximum absolute atomic E-state index is 13.1. The standard InChI is InChI=1S/C26H40BN3O6/c1-24(2,3)34-23(33)30-15-9-8-10-20(30)22(32)29-19(21(28)31)16-17-11-13-18(14-12-17)27-35-25(4,5)26(6,7)36-27/h11-14,19-20H,8-10,15-16H2,1-7H3,(H2,28,31)(H,29,32). The van der Waals surface area contributed by atoms with Gasteiger partial charge >= 0.3 is 13.2 Å². The van der Waals surface area contributed by atoms with E-state index in [1.54, 1.807) is 20.8 Å². The summed E-state index contributed by atoms with van der Waals surface area (Å²) >= 11 is 0. The third-order valence-electron chi connectivity index (χ3n) is 7.04. The van der Waals surface area contributed by atoms with Gasteiger partial charge in [0.25, 0.3) is 0 Å². The Kier molecular flexibility index (Phi) is 8.10. The average Bonchev–Trinajstić information content (AvgIpc) is 2.99. The number of rotatable bonds is 6. The summed E-state index contributed by atoms with van der Waals surface area (Å²) in [4.78, 5) is 39.5. The second kappa shape index (κ2) is 10.4. The summed E-state index contributed by atoms with van der Waals surface area (Å²) in [6.07, 6.45) is 1.79. The fourth-order valence-electron chi connectivity index (χ4n) is 4.26. The van der Waals surface area contributed by atoms with E-state index in [0.29, 0.717) is 13.0 Å². The number of nitrogens with zero attached hydrogens (tertiary/aromatic N) is 1. The molecule has 2 fully saturated rings. The molecule has 0 aliphatic carbocycles. The molecule has 2 atom stereocenters. The Morgan fingerprint density at radius 3 is 2.22 bits per heavy atom. The second-order valence-electron chi connectivity index (χ2n) is 11.7. The molecule has 2 unspecified atom stereocenters. The summed E-state index contributed by atoms with van der Waals surface area (Å²) in [6.45, 7) is 13.8. The van der Waals surface area contributed by atoms with Crippen molar-refractivity contribution in [2.75, 3.05) is 6.54 Å². The van der Waals surface area contributed by atoms with Crippen molar-refractivity contribution in [3.8, 4) is 0 Å². The lowest BCUT2D eigenvalue weighted by Crippen LogP contribution is -2.56. The van der Waals surface area contributed by atoms with Crippen molar-refractivity contribution in [2.45, 2.75) is 103 Å². The number of hydrogen-bond acceptors (Lipinski definition) is 6. The van der Waals surface area contributed by atoms with Gasteiger partial charge in [0.05, 0.1) is 11.2 Å². The van der Waals surface area contributed by atoms with Gasteiger partial charge < -0.3 is 25.1 Å². The minimum absolute atomic E-state index is 0.226. The van der Waals surface area contributed by atoms with Gasteiger partial charge in [-0.25, -0.2) is 4.79 Å². The van der Waals surface area contributed by atoms with Crippen LogP contribution in [0.3, 0.4) is 0 Å². The van der Waals surface area contributed by atoms with Crippen LogP contribution in [-0.4, -0.2) is 65.4 Å². The topological polar surface area (TPSA) is 120 Å². The summed E-state index contributed by atoms with van der Waals surface area (Å²) in [5.41, 5.74) is 5.77. The van der Waals surface area contributed by atoms with Crippen LogP contribution >= 0.6 is 0 Å². The van der Waals surface area contributed by atoms with Crippen molar-refractivity contribution in [1.29, 1.82) is 0 Å². The summed E-state index contributed by atoms with van der Waals surface area (Å²) in [7, 11) is -0.485. The Bertz CT molecular complexity index is 957. The summed E-state index contributed by atoms with van der Waals surface area (Å²) in [5, 5.41) is 2.76. The largest absolute Gasteiger partial charge is 0.494 e. The van der Waals surface area contributed by atoms with Crippen molar-refractivity contribution >= 4 is 30.5 Å². The molecule has 3 amide bonds. The van der Waals surface area contributed by atoms with Crippen LogP contribution in [0, 0.1) is 0 Å². The Hall–Kier alpha value is -2.59. The van der Waals surface area contributed by atoms with Crippen molar-refractivity contribution in [2.24, 2.45) is 5.73 Å². The molecular weight excluding hydrogens is 461 g/mol. The summed E-state index contributed by atoms with van der Waals surface area (Å²) in [5.74, 6) is -1.05. The maximum atomic E-state index is 13.1. The first-order valence-corrected chi connectivity index (χ1v) is 12.6. The molecule has 36 heavy (non-hydrogen) atoms. The maximum Gasteiger partial charge on any atom is 0.494 e. The highest BCUT2D eigenvalue weighted by Crippen LogP contribution is 2.36. The van der Waals surface area contributed by atoms with Gasteiger partial charge in [0, 0.05) is 13.0 Å². The molecule has 0 aromatic heterocycles. The molecule has 9 nitrogen and oxygen atoms in total. The Morgan fingerprint density at radius 1 is 1.11 bits per heavy atom. The fourth-order valence-corrected chi connectivity index (χ4v) is 4.26. The quantitative estimate of drug-likeness (QED) is 0.578. The summed E-state index contributed by atoms with van der Waals surface area (Å²) in [6, 6.07) is 5.90. The molecule has 0 bridgehead atoms. The fraction of sp³-hybridized carbons (Fsp3) is 0.654. The number of amides is 3. The lowest BCUT2D eigenvalue weighted by Gasteiger charge is -2.36. The predicted molar refractivity (Wildman–Crippen MR) is 138 cm³/mol. The van der Waals surface area contributed by atoms with Crippen LogP contribution in [0.1, 0.15) is 73.3 Å². The number of carbonyl (C=O) groups excluding carboxylic acids is 3. The highest BCUT2D eigenvalue weighted by Gasteiger charge is 2.51. The van der Waals surface area contributed by atoms with Gasteiger partial charge in [-0.05, 0) is 78.8 Å². The first-order chi connectivity index (χ1) is 16.6. The molecule has 3 N–H and O–H groups in total. The number of piperidine rings is 1. The first kappa shape index (κ1) is 28.0. The minimum Gasteiger partial charge on any atom is -0.444 e. The highest BCUT2D eigenvalue weighted by molar-refractivity contribution is 6.62. The van der Waals surface area contributed by atoms with E-state index in [-0.39, 0.29) is 6.42 Å². The van der Waals surface area contributed by atoms with Crippen molar-refractivity contribution in [3.05, 3.63) is 29.8 Å². The zero-order valence-electron chi connectivity index (χ0n) is 22.6. The molecule has 0 radical (unpaired) electrons. The molecule has 198 valence electrons. The number of carbonyl (C=O) groups is 3. The molecule has 2 heterocycles. The van der Waals surface area contributed by atoms with Crippen LogP contribution in [0.2, 0.25) is 0 Å². The molecule has 2 saturated heterocycles. The van der Waals surface area contributed by atoms with Crippen molar-refractivity contribution in [1.82, 2.24) is 10.2 Å². The van der Waals surface area contributed by atoms with Crippen LogP contribution < -0.4 is 16.5 Å². The number of primary amides is 1. The number of likely N-dealkylation sites (tertiary alicyclic amines) is 1. The second-order valence-corrected chi connectivity index (χ2v) is 11.7. The molecule has 2 aliphatic rings. The molecule has 0 spiro atoms. The zero-order valence-corrected chi connectivity index (χ0v) is 22.6. The third kappa shape index (κ3) is 6.59. The number of benzene rings is 1. The Morgan fingerprint density at radius 2 is 1.69 bits per heavy atom. The van der Waals surface area contributed by atoms with Crippen LogP contribution in [0.25, 0.3) is 0 Å². The van der Waals surface area contributed by atoms with E-state index < -0.39 is 53.9 Å². The molecule has 3 rings (SSSR count). The Labute approximate surface area is 214 Å². The van der Waals surface area contributed by atoms with Crippen molar-refractivity contribution in [3.63, 3.8) is 0 Å². The molecule has 0 saturated carbocycles. The van der Waals surface area contributed by atoms with E-state index in [1.807, 2.05) is 52.0 Å². The smallest absolute Gasteiger partial charge is 0.444 e. The van der Waals surface area contributed by atoms with E-state index in [0.717, 1.165) is 23.9 Å². The number of nitrogens with two attached hydrogens (primary N) is 1. The monoisotopic (exact) mass is 501 g/mol. The lowest BCUT2D eigenvalue weighted by molar-refractivity contribution is -0.131. The van der Waals surface area contributed by atoms with Crippen molar-refractivity contribution < 1.29 is 28.4 Å². The zero-order chi connectivity index (χ0) is 26.9. The minimum atomic E-state index is -0.914. The predicted octanol–water partition coefficient (Wildman–Crippen LogP) is 2.29. The molecule has 1 aromatic rings. The normalized spacial score (nSPS) is 22.1. The summed E-state index contributed by atoms with van der Waals surface area (Å²) < 4.78 is 17.7. The van der Waals surface area contributed by atoms with Gasteiger partial charge in [-0.1, -0.05) is 24.3 Å². The first-order valence-electron chi connectivity index (χ1n) is 12.6. The lowest BCUT2D eigenvalue weighted by atomic mass is 9.78. The van der Waals surface area contributed by atoms with Gasteiger partial charge in [-0.2, -0.15) is 0 Å². The number of nitrogens with one attached hydrogen (secondary N) is 1. The van der Waals surface area contributed by atoms with Gasteiger partial charge in [0.2, 0.25) is 11.8 Å². The molecule has 2 aliphatic heterocycles. The van der Waals surface area contributed by atoms with Crippen LogP contribution in [0.5, 0.6) is 0 Å². The van der Waals surface area contributed by atoms with E-state index >= 15 is 0 Å². The molecule has 1 aromatic carbocycles. The van der Waals surface area contributed by atoms with Gasteiger partial charge in [0.15, 0.2) is 0 Å². The Balaban J connectivity index is 1.66. The van der Waals surface area contributed by atoms with Gasteiger partial charge in [0.1, 0.15) is 17.7 Å². The van der Waals surface area contributed by atoms with E-state index in [4.69, 9.17) is 19.8 Å². The van der Waals surface area contributed by atoms with E-state index in [2.05, 4.69) is 5.32 Å². The highest BCUT2D eigenvalue weighted by atomic mass is 16.7. The average molecular weight is 501 g/mol. The van der Waals surface area contributed by atoms with E-state index in [1.165, 1.54) is 4.90 Å². The van der Waals surface area contributed by atoms with Crippen LogP contribution in [0.15, 0.2) is 24.3 Å². The molecule has 10 heteroatoms. The third-order valence-corrected chi connectivity index (χ3v) is 7.04. The van der Waals surface area contributed by atoms with Crippen LogP contribution in [-0.2, 0) is 30.1 Å². The number of hydrogen-bond donors (Lipinski definition) is 2. The SMILES string of the molecule is CC(C)(C)OC(=O)N1CCCCC1C(=O)NC(Cc1ccc(B2OC(C)(C)C(C)(C)O2)cc1)C(N)=O. The van der Waals surface area contributed by atoms with Crippen LogP contribution in [0.4, 0.5) is 4.79 Å². The number of ether oxygens (including phenoxy) is 1. The van der Waals surface area contributed by atoms with Gasteiger partial charge in [-0.3, -0.25) is 14.5 Å².